The third-order valence-corrected chi connectivity index (χ3v) is 6.90. The van der Waals surface area contributed by atoms with E-state index in [0.717, 1.165) is 55.8 Å². The molecule has 3 nitrogen and oxygen atoms in total. The molecule has 0 radical (unpaired) electrons. The minimum Gasteiger partial charge on any atom is -0.534 e. The maximum absolute atomic E-state index is 11.9. The molecular formula is C21H25NO2U. The van der Waals surface area contributed by atoms with E-state index in [2.05, 4.69) is 24.0 Å². The van der Waals surface area contributed by atoms with Crippen LogP contribution in [0.15, 0.2) is 24.3 Å². The number of likely N-dealkylation sites (tertiary alicyclic amines) is 1. The van der Waals surface area contributed by atoms with Crippen LogP contribution in [0.25, 0.3) is 0 Å². The van der Waals surface area contributed by atoms with Crippen LogP contribution in [0.1, 0.15) is 43.2 Å². The average molecular weight is 561 g/mol. The molecule has 2 N–H and O–H groups in total. The number of phenols is 1. The Morgan fingerprint density at radius 3 is 2.88 bits per heavy atom. The normalized spacial score (nSPS) is 36.7. The molecule has 0 spiro atoms. The van der Waals surface area contributed by atoms with Crippen molar-refractivity contribution in [2.45, 2.75) is 55.6 Å². The molecule has 0 aromatic heterocycles. The van der Waals surface area contributed by atoms with Gasteiger partial charge in [-0.3, -0.25) is 4.90 Å². The molecule has 3 atom stereocenters. The molecule has 25 heavy (non-hydrogen) atoms. The van der Waals surface area contributed by atoms with E-state index >= 15 is 0 Å². The molecule has 1 aliphatic heterocycles. The number of aliphatic hydroxyl groups is 1. The second-order valence-electron chi connectivity index (χ2n) is 8.35. The van der Waals surface area contributed by atoms with E-state index < -0.39 is 11.0 Å². The van der Waals surface area contributed by atoms with Crippen molar-refractivity contribution in [1.82, 2.24) is 4.90 Å². The fourth-order valence-electron chi connectivity index (χ4n) is 5.50. The number of rotatable bonds is 2. The van der Waals surface area contributed by atoms with Crippen molar-refractivity contribution in [1.29, 1.82) is 0 Å². The summed E-state index contributed by atoms with van der Waals surface area (Å²) in [6.07, 6.45) is 8.25. The molecule has 2 saturated carbocycles. The molecule has 0 unspecified atom stereocenters. The zero-order valence-corrected chi connectivity index (χ0v) is 18.8. The Labute approximate surface area is 173 Å². The Bertz CT molecular complexity index is 716. The van der Waals surface area contributed by atoms with Crippen molar-refractivity contribution in [2.75, 3.05) is 13.1 Å². The summed E-state index contributed by atoms with van der Waals surface area (Å²) in [6.45, 7) is 6.33. The minimum absolute atomic E-state index is 0. The number of hydrogen-bond acceptors (Lipinski definition) is 3. The van der Waals surface area contributed by atoms with Gasteiger partial charge in [-0.2, -0.15) is 17.2 Å². The molecule has 0 amide bonds. The van der Waals surface area contributed by atoms with Crippen LogP contribution in [-0.2, 0) is 11.8 Å². The largest absolute Gasteiger partial charge is 2.00 e. The molecule has 130 valence electrons. The van der Waals surface area contributed by atoms with Crippen molar-refractivity contribution >= 4 is 0 Å². The van der Waals surface area contributed by atoms with Crippen LogP contribution in [0.4, 0.5) is 0 Å². The quantitative estimate of drug-likeness (QED) is 0.547. The van der Waals surface area contributed by atoms with Gasteiger partial charge in [-0.15, -0.1) is 12.1 Å². The molecular weight excluding hydrogens is 536 g/mol. The van der Waals surface area contributed by atoms with E-state index in [1.807, 2.05) is 6.07 Å². The molecule has 2 bridgehead atoms. The predicted octanol–water partition coefficient (Wildman–Crippen LogP) is 2.76. The summed E-state index contributed by atoms with van der Waals surface area (Å²) in [4.78, 5) is 2.55. The van der Waals surface area contributed by atoms with Crippen molar-refractivity contribution in [3.63, 3.8) is 0 Å². The number of phenolic OH excluding ortho intramolecular Hbond substituents is 1. The standard InChI is InChI=1S/C21H25NO2.U/c1-14-6-7-21(24)19-10-16-4-5-17(23)11-18(16)20(21,12-14)8-9-22(19)13-15-2-3-15;/h4-5,12,15,19,23-24H,1-3,6-10,13H2;/q-2;+2/t19-,20-,21-;/m1./s1. The van der Waals surface area contributed by atoms with E-state index in [0.29, 0.717) is 0 Å². The van der Waals surface area contributed by atoms with Crippen LogP contribution in [0.5, 0.6) is 5.75 Å². The Kier molecular flexibility index (Phi) is 4.36. The Hall–Kier alpha value is -0.398. The maximum Gasteiger partial charge on any atom is 2.00 e. The van der Waals surface area contributed by atoms with Crippen LogP contribution in [0, 0.1) is 49.5 Å². The average Bonchev–Trinajstić information content (AvgIpc) is 3.36. The summed E-state index contributed by atoms with van der Waals surface area (Å²) < 4.78 is 0. The van der Waals surface area contributed by atoms with E-state index in [4.69, 9.17) is 0 Å². The van der Waals surface area contributed by atoms with Gasteiger partial charge in [0, 0.05) is 18.3 Å². The molecule has 1 aromatic rings. The fourth-order valence-corrected chi connectivity index (χ4v) is 5.50. The van der Waals surface area contributed by atoms with E-state index in [9.17, 15) is 10.2 Å². The zero-order valence-electron chi connectivity index (χ0n) is 14.6. The maximum atomic E-state index is 11.9. The monoisotopic (exact) mass is 561 g/mol. The van der Waals surface area contributed by atoms with Gasteiger partial charge in [0.25, 0.3) is 0 Å². The smallest absolute Gasteiger partial charge is 0.534 e. The van der Waals surface area contributed by atoms with Crippen LogP contribution in [-0.4, -0.2) is 39.8 Å². The van der Waals surface area contributed by atoms with Gasteiger partial charge in [0.15, 0.2) is 0 Å². The second kappa shape index (κ2) is 6.06. The van der Waals surface area contributed by atoms with Gasteiger partial charge in [0.2, 0.25) is 0 Å². The van der Waals surface area contributed by atoms with E-state index in [1.54, 1.807) is 6.07 Å². The Balaban J connectivity index is 0.00000157. The predicted molar refractivity (Wildman–Crippen MR) is 92.7 cm³/mol. The number of allylic oxidation sites excluding steroid dienone is 1. The molecule has 3 aliphatic carbocycles. The molecule has 4 heteroatoms. The van der Waals surface area contributed by atoms with Crippen LogP contribution >= 0.6 is 0 Å². The number of hydrogen-bond donors (Lipinski definition) is 2. The number of piperidine rings is 1. The molecule has 3 fully saturated rings. The molecule has 4 aliphatic rings. The van der Waals surface area contributed by atoms with Gasteiger partial charge in [-0.25, -0.2) is 18.6 Å². The van der Waals surface area contributed by atoms with Gasteiger partial charge >= 0.3 is 31.1 Å². The van der Waals surface area contributed by atoms with Gasteiger partial charge in [-0.05, 0) is 43.6 Å². The van der Waals surface area contributed by atoms with Gasteiger partial charge < -0.3 is 10.2 Å². The first-order chi connectivity index (χ1) is 11.5. The first kappa shape index (κ1) is 18.0. The van der Waals surface area contributed by atoms with Crippen molar-refractivity contribution < 1.29 is 41.3 Å². The molecule has 5 rings (SSSR count). The Morgan fingerprint density at radius 2 is 2.12 bits per heavy atom. The first-order valence-electron chi connectivity index (χ1n) is 9.27. The summed E-state index contributed by atoms with van der Waals surface area (Å²) in [5.74, 6) is 1.00. The molecule has 1 saturated heterocycles. The van der Waals surface area contributed by atoms with Crippen LogP contribution < -0.4 is 0 Å². The number of benzene rings is 1. The minimum atomic E-state index is -0.765. The summed E-state index contributed by atoms with van der Waals surface area (Å²) in [5, 5.41) is 21.9. The SMILES string of the molecule is C=C1[CH-][C@]23CCN(CC4CC4)[C@H](Cc4ccc(O)[c-]c42)[C@]3(O)CC1.[U+2]. The van der Waals surface area contributed by atoms with E-state index in [1.165, 1.54) is 18.4 Å². The first-order valence-corrected chi connectivity index (χ1v) is 9.27. The summed E-state index contributed by atoms with van der Waals surface area (Å²) in [7, 11) is 0. The fraction of sp³-hybridized carbons (Fsp3) is 0.571. The van der Waals surface area contributed by atoms with Gasteiger partial charge in [-0.1, -0.05) is 12.8 Å². The third-order valence-electron chi connectivity index (χ3n) is 6.90. The number of fused-ring (bicyclic) bond motifs is 1. The Morgan fingerprint density at radius 1 is 1.32 bits per heavy atom. The van der Waals surface area contributed by atoms with Crippen LogP contribution in [0.3, 0.4) is 0 Å². The van der Waals surface area contributed by atoms with E-state index in [-0.39, 0.29) is 42.9 Å². The molecule has 1 heterocycles. The summed E-state index contributed by atoms with van der Waals surface area (Å²) in [6, 6.07) is 7.12. The summed E-state index contributed by atoms with van der Waals surface area (Å²) >= 11 is 0. The number of nitrogens with zero attached hydrogens (tertiary/aromatic N) is 1. The van der Waals surface area contributed by atoms with Crippen molar-refractivity contribution in [2.24, 2.45) is 5.92 Å². The molecule has 1 aromatic carbocycles. The zero-order chi connectivity index (χ0) is 16.5. The van der Waals surface area contributed by atoms with Crippen molar-refractivity contribution in [3.05, 3.63) is 47.9 Å². The van der Waals surface area contributed by atoms with Crippen molar-refractivity contribution in [3.8, 4) is 5.75 Å². The topological polar surface area (TPSA) is 43.7 Å². The van der Waals surface area contributed by atoms with Gasteiger partial charge in [0.1, 0.15) is 0 Å². The van der Waals surface area contributed by atoms with Gasteiger partial charge in [0.05, 0.1) is 5.60 Å². The third kappa shape index (κ3) is 2.56. The number of aromatic hydroxyl groups is 1. The van der Waals surface area contributed by atoms with Crippen LogP contribution in [0.2, 0.25) is 0 Å². The second-order valence-corrected chi connectivity index (χ2v) is 8.35. The summed E-state index contributed by atoms with van der Waals surface area (Å²) in [5.41, 5.74) is 2.15.